The summed E-state index contributed by atoms with van der Waals surface area (Å²) in [7, 11) is 0. The maximum absolute atomic E-state index is 12.5. The van der Waals surface area contributed by atoms with E-state index < -0.39 is 12.1 Å². The Morgan fingerprint density at radius 1 is 0.357 bits per heavy atom. The van der Waals surface area contributed by atoms with Crippen molar-refractivity contribution in [3.63, 3.8) is 0 Å². The Labute approximate surface area is 433 Å². The van der Waals surface area contributed by atoms with Gasteiger partial charge in [-0.3, -0.25) is 4.79 Å². The van der Waals surface area contributed by atoms with Gasteiger partial charge in [0.05, 0.1) is 18.8 Å². The minimum atomic E-state index is -0.894. The Balaban J connectivity index is 3.74. The van der Waals surface area contributed by atoms with Crippen molar-refractivity contribution in [3.8, 4) is 0 Å². The van der Waals surface area contributed by atoms with Gasteiger partial charge < -0.3 is 15.5 Å². The van der Waals surface area contributed by atoms with Crippen molar-refractivity contribution in [2.75, 3.05) is 6.61 Å². The zero-order chi connectivity index (χ0) is 50.6. The van der Waals surface area contributed by atoms with Crippen molar-refractivity contribution in [3.05, 3.63) is 158 Å². The second kappa shape index (κ2) is 59.3. The molecule has 0 aliphatic rings. The van der Waals surface area contributed by atoms with Crippen molar-refractivity contribution in [1.29, 1.82) is 0 Å². The van der Waals surface area contributed by atoms with Crippen LogP contribution in [0.4, 0.5) is 0 Å². The van der Waals surface area contributed by atoms with Crippen LogP contribution in [0.5, 0.6) is 0 Å². The first-order chi connectivity index (χ1) is 34.7. The molecule has 0 heterocycles. The first-order valence-corrected chi connectivity index (χ1v) is 28.7. The van der Waals surface area contributed by atoms with Gasteiger partial charge in [0.2, 0.25) is 5.91 Å². The van der Waals surface area contributed by atoms with E-state index >= 15 is 0 Å². The van der Waals surface area contributed by atoms with Crippen LogP contribution in [0.3, 0.4) is 0 Å². The quantitative estimate of drug-likeness (QED) is 0.0420. The summed E-state index contributed by atoms with van der Waals surface area (Å²) in [6, 6.07) is -0.673. The molecule has 2 atom stereocenters. The minimum Gasteiger partial charge on any atom is -0.394 e. The highest BCUT2D eigenvalue weighted by Gasteiger charge is 2.17. The predicted molar refractivity (Wildman–Crippen MR) is 312 cm³/mol. The smallest absolute Gasteiger partial charge is 0.220 e. The molecule has 0 aromatic carbocycles. The van der Waals surface area contributed by atoms with E-state index in [9.17, 15) is 15.0 Å². The summed E-state index contributed by atoms with van der Waals surface area (Å²) in [6.07, 6.45) is 95.4. The number of allylic oxidation sites excluding steroid dienone is 25. The standard InChI is InChI=1S/C66H107NO3/c1-3-5-7-9-11-13-15-17-19-21-23-25-27-28-29-30-31-32-33-34-35-36-37-38-40-42-44-46-48-50-52-54-56-58-60-62-66(70)67-64(63-68)65(69)61-59-57-55-53-51-49-47-45-43-41-39-26-24-22-20-18-16-14-12-10-8-6-4-2/h5,7,11,13,17,19,23,25,28-29,31-32,34-35,37-38,42-45,48,50-51,53,59,61,64-65,68-69H,3-4,6,8-10,12,14-16,18,20-22,24,26-27,30,33,36,39-41,46-47,49,52,54-58,60,62-63H2,1-2H3,(H,67,70)/b7-5-,13-11-,19-17-,25-23-,29-28-,32-31-,35-34-,38-37-,44-42-,45-43+,50-48-,53-51+,61-59+. The zero-order valence-corrected chi connectivity index (χ0v) is 45.2. The minimum absolute atomic E-state index is 0.109. The molecule has 394 valence electrons. The van der Waals surface area contributed by atoms with Crippen LogP contribution in [0, 0.1) is 0 Å². The van der Waals surface area contributed by atoms with Crippen molar-refractivity contribution in [2.24, 2.45) is 0 Å². The Bertz CT molecular complexity index is 1510. The molecule has 0 bridgehead atoms. The van der Waals surface area contributed by atoms with Crippen LogP contribution in [-0.2, 0) is 4.79 Å². The summed E-state index contributed by atoms with van der Waals surface area (Å²) < 4.78 is 0. The lowest BCUT2D eigenvalue weighted by Gasteiger charge is -2.19. The molecule has 0 radical (unpaired) electrons. The third-order valence-electron chi connectivity index (χ3n) is 12.0. The molecule has 4 heteroatoms. The van der Waals surface area contributed by atoms with E-state index in [0.29, 0.717) is 6.42 Å². The van der Waals surface area contributed by atoms with Crippen LogP contribution in [0.25, 0.3) is 0 Å². The number of amides is 1. The summed E-state index contributed by atoms with van der Waals surface area (Å²) in [6.45, 7) is 4.17. The van der Waals surface area contributed by atoms with Gasteiger partial charge in [0.25, 0.3) is 0 Å². The van der Waals surface area contributed by atoms with Crippen molar-refractivity contribution < 1.29 is 15.0 Å². The summed E-state index contributed by atoms with van der Waals surface area (Å²) in [5, 5.41) is 23.1. The van der Waals surface area contributed by atoms with E-state index in [2.05, 4.69) is 165 Å². The van der Waals surface area contributed by atoms with Gasteiger partial charge in [-0.05, 0) is 122 Å². The zero-order valence-electron chi connectivity index (χ0n) is 45.2. The van der Waals surface area contributed by atoms with Crippen LogP contribution in [0.15, 0.2) is 158 Å². The number of aliphatic hydroxyl groups is 2. The molecular formula is C66H107NO3. The molecular weight excluding hydrogens is 855 g/mol. The summed E-state index contributed by atoms with van der Waals surface area (Å²) in [5.74, 6) is -0.109. The van der Waals surface area contributed by atoms with Gasteiger partial charge in [0.15, 0.2) is 0 Å². The fourth-order valence-corrected chi connectivity index (χ4v) is 7.65. The number of hydrogen-bond donors (Lipinski definition) is 3. The van der Waals surface area contributed by atoms with E-state index in [-0.39, 0.29) is 12.5 Å². The third kappa shape index (κ3) is 54.9. The van der Waals surface area contributed by atoms with E-state index in [1.165, 1.54) is 89.9 Å². The number of rotatable bonds is 50. The number of carbonyl (C=O) groups excluding carboxylic acids is 1. The molecule has 0 aromatic rings. The highest BCUT2D eigenvalue weighted by Crippen LogP contribution is 2.14. The molecule has 3 N–H and O–H groups in total. The highest BCUT2D eigenvalue weighted by molar-refractivity contribution is 5.76. The maximum Gasteiger partial charge on any atom is 0.220 e. The molecule has 0 rings (SSSR count). The second-order valence-electron chi connectivity index (χ2n) is 18.6. The molecule has 1 amide bonds. The molecule has 2 unspecified atom stereocenters. The summed E-state index contributed by atoms with van der Waals surface area (Å²) in [5.41, 5.74) is 0. The van der Waals surface area contributed by atoms with E-state index in [1.807, 2.05) is 6.08 Å². The van der Waals surface area contributed by atoms with Crippen molar-refractivity contribution >= 4 is 5.91 Å². The Morgan fingerprint density at radius 3 is 1.00 bits per heavy atom. The Kier molecular flexibility index (Phi) is 55.9. The lowest BCUT2D eigenvalue weighted by atomic mass is 10.0. The van der Waals surface area contributed by atoms with Gasteiger partial charge in [-0.25, -0.2) is 0 Å². The van der Waals surface area contributed by atoms with Gasteiger partial charge >= 0.3 is 0 Å². The molecule has 0 saturated carbocycles. The molecule has 70 heavy (non-hydrogen) atoms. The number of unbranched alkanes of at least 4 members (excludes halogenated alkanes) is 19. The fraction of sp³-hybridized carbons (Fsp3) is 0.591. The lowest BCUT2D eigenvalue weighted by Crippen LogP contribution is -2.45. The van der Waals surface area contributed by atoms with Gasteiger partial charge in [-0.15, -0.1) is 0 Å². The molecule has 0 saturated heterocycles. The SMILES string of the molecule is CC/C=C\C/C=C\C/C=C\C/C=C\C/C=C\C/C=C\C/C=C\C/C=C\C/C=C\C/C=C\CCCCCCC(=O)NC(CO)C(O)/C=C/CC/C=C/CC/C=C/CCCCCCCCCCCCCCC. The van der Waals surface area contributed by atoms with Crippen LogP contribution in [0.2, 0.25) is 0 Å². The normalized spacial score (nSPS) is 14.1. The largest absolute Gasteiger partial charge is 0.394 e. The predicted octanol–water partition coefficient (Wildman–Crippen LogP) is 19.4. The monoisotopic (exact) mass is 962 g/mol. The number of aliphatic hydroxyl groups excluding tert-OH is 2. The number of hydrogen-bond acceptors (Lipinski definition) is 3. The van der Waals surface area contributed by atoms with Crippen LogP contribution >= 0.6 is 0 Å². The Morgan fingerprint density at radius 2 is 0.643 bits per heavy atom. The number of nitrogens with one attached hydrogen (secondary N) is 1. The van der Waals surface area contributed by atoms with Gasteiger partial charge in [-0.2, -0.15) is 0 Å². The molecule has 0 aliphatic heterocycles. The summed E-state index contributed by atoms with van der Waals surface area (Å²) >= 11 is 0. The fourth-order valence-electron chi connectivity index (χ4n) is 7.65. The van der Waals surface area contributed by atoms with Crippen LogP contribution in [0.1, 0.15) is 232 Å². The second-order valence-corrected chi connectivity index (χ2v) is 18.6. The molecule has 0 spiro atoms. The molecule has 0 aromatic heterocycles. The van der Waals surface area contributed by atoms with Crippen LogP contribution < -0.4 is 5.32 Å². The Hall–Kier alpha value is -3.99. The molecule has 0 aliphatic carbocycles. The average Bonchev–Trinajstić information content (AvgIpc) is 3.36. The van der Waals surface area contributed by atoms with Crippen LogP contribution in [-0.4, -0.2) is 34.9 Å². The third-order valence-corrected chi connectivity index (χ3v) is 12.0. The van der Waals surface area contributed by atoms with E-state index in [0.717, 1.165) is 122 Å². The lowest BCUT2D eigenvalue weighted by molar-refractivity contribution is -0.123. The molecule has 0 fully saturated rings. The number of carbonyl (C=O) groups is 1. The topological polar surface area (TPSA) is 69.6 Å². The first-order valence-electron chi connectivity index (χ1n) is 28.7. The highest BCUT2D eigenvalue weighted by atomic mass is 16.3. The van der Waals surface area contributed by atoms with Gasteiger partial charge in [-0.1, -0.05) is 262 Å². The first kappa shape index (κ1) is 66.0. The average molecular weight is 963 g/mol. The van der Waals surface area contributed by atoms with Gasteiger partial charge in [0.1, 0.15) is 0 Å². The maximum atomic E-state index is 12.5. The van der Waals surface area contributed by atoms with E-state index in [4.69, 9.17) is 0 Å². The van der Waals surface area contributed by atoms with Crippen molar-refractivity contribution in [1.82, 2.24) is 5.32 Å². The van der Waals surface area contributed by atoms with Crippen molar-refractivity contribution in [2.45, 2.75) is 244 Å². The van der Waals surface area contributed by atoms with Gasteiger partial charge in [0, 0.05) is 6.42 Å². The van der Waals surface area contributed by atoms with E-state index in [1.54, 1.807) is 6.08 Å². The molecule has 4 nitrogen and oxygen atoms in total. The summed E-state index contributed by atoms with van der Waals surface area (Å²) in [4.78, 5) is 12.5.